The standard InChI is InChI=1S/C22H26N2O3S/c1-13-9-10-16-18(12-22(3,4)27-19(16)11-13)24-21(28)23-17-8-6-7-15(14(17)2)20(25)26-5/h6-11,18H,12H2,1-5H3,(H2,23,24,28). The predicted octanol–water partition coefficient (Wildman–Crippen LogP) is 4.68. The van der Waals surface area contributed by atoms with Crippen molar-refractivity contribution in [2.45, 2.75) is 45.8 Å². The number of aryl methyl sites for hydroxylation is 1. The van der Waals surface area contributed by atoms with Crippen molar-refractivity contribution >= 4 is 29.0 Å². The molecule has 3 rings (SSSR count). The van der Waals surface area contributed by atoms with Crippen LogP contribution in [0.4, 0.5) is 5.69 Å². The summed E-state index contributed by atoms with van der Waals surface area (Å²) >= 11 is 5.56. The summed E-state index contributed by atoms with van der Waals surface area (Å²) < 4.78 is 11.0. The van der Waals surface area contributed by atoms with Crippen LogP contribution in [-0.4, -0.2) is 23.8 Å². The van der Waals surface area contributed by atoms with Crippen molar-refractivity contribution in [2.75, 3.05) is 12.4 Å². The Labute approximate surface area is 171 Å². The van der Waals surface area contributed by atoms with Gasteiger partial charge in [-0.05, 0) is 69.2 Å². The van der Waals surface area contributed by atoms with Gasteiger partial charge in [-0.3, -0.25) is 0 Å². The van der Waals surface area contributed by atoms with Gasteiger partial charge in [-0.2, -0.15) is 0 Å². The minimum atomic E-state index is -0.365. The second-order valence-corrected chi connectivity index (χ2v) is 8.14. The molecule has 5 nitrogen and oxygen atoms in total. The average molecular weight is 399 g/mol. The van der Waals surface area contributed by atoms with E-state index in [4.69, 9.17) is 21.7 Å². The van der Waals surface area contributed by atoms with E-state index in [1.54, 1.807) is 12.1 Å². The maximum absolute atomic E-state index is 11.9. The Balaban J connectivity index is 1.80. The van der Waals surface area contributed by atoms with Crippen molar-refractivity contribution < 1.29 is 14.3 Å². The molecule has 2 N–H and O–H groups in total. The molecule has 1 heterocycles. The van der Waals surface area contributed by atoms with Crippen LogP contribution in [0, 0.1) is 13.8 Å². The van der Waals surface area contributed by atoms with Gasteiger partial charge in [-0.15, -0.1) is 0 Å². The third-order valence-corrected chi connectivity index (χ3v) is 5.14. The van der Waals surface area contributed by atoms with Gasteiger partial charge in [-0.1, -0.05) is 18.2 Å². The number of esters is 1. The first-order valence-corrected chi connectivity index (χ1v) is 9.66. The number of thiocarbonyl (C=S) groups is 1. The van der Waals surface area contributed by atoms with Crippen molar-refractivity contribution in [3.8, 4) is 5.75 Å². The number of hydrogen-bond donors (Lipinski definition) is 2. The summed E-state index contributed by atoms with van der Waals surface area (Å²) in [6.45, 7) is 8.07. The number of ether oxygens (including phenoxy) is 2. The molecule has 6 heteroatoms. The summed E-state index contributed by atoms with van der Waals surface area (Å²) in [5.74, 6) is 0.524. The molecule has 0 saturated heterocycles. The lowest BCUT2D eigenvalue weighted by molar-refractivity contribution is 0.0599. The first-order chi connectivity index (χ1) is 13.2. The monoisotopic (exact) mass is 398 g/mol. The molecule has 0 radical (unpaired) electrons. The van der Waals surface area contributed by atoms with Gasteiger partial charge in [0.15, 0.2) is 5.11 Å². The minimum Gasteiger partial charge on any atom is -0.487 e. The second-order valence-electron chi connectivity index (χ2n) is 7.73. The lowest BCUT2D eigenvalue weighted by atomic mass is 9.89. The number of fused-ring (bicyclic) bond motifs is 1. The van der Waals surface area contributed by atoms with E-state index in [0.29, 0.717) is 10.7 Å². The highest BCUT2D eigenvalue weighted by Crippen LogP contribution is 2.40. The maximum atomic E-state index is 11.9. The maximum Gasteiger partial charge on any atom is 0.338 e. The summed E-state index contributed by atoms with van der Waals surface area (Å²) in [5, 5.41) is 7.13. The Morgan fingerprint density at radius 2 is 2.00 bits per heavy atom. The number of anilines is 1. The topological polar surface area (TPSA) is 59.6 Å². The molecular weight excluding hydrogens is 372 g/mol. The smallest absolute Gasteiger partial charge is 0.338 e. The van der Waals surface area contributed by atoms with Crippen LogP contribution in [-0.2, 0) is 4.74 Å². The fraction of sp³-hybridized carbons (Fsp3) is 0.364. The molecule has 1 unspecified atom stereocenters. The van der Waals surface area contributed by atoms with Crippen LogP contribution in [0.3, 0.4) is 0 Å². The zero-order valence-electron chi connectivity index (χ0n) is 16.9. The molecular formula is C22H26N2O3S. The highest BCUT2D eigenvalue weighted by molar-refractivity contribution is 7.80. The third kappa shape index (κ3) is 4.28. The molecule has 1 aliphatic heterocycles. The summed E-state index contributed by atoms with van der Waals surface area (Å²) in [6.07, 6.45) is 0.784. The molecule has 148 valence electrons. The Bertz CT molecular complexity index is 924. The fourth-order valence-electron chi connectivity index (χ4n) is 3.51. The SMILES string of the molecule is COC(=O)c1cccc(NC(=S)NC2CC(C)(C)Oc3cc(C)ccc32)c1C. The number of nitrogens with one attached hydrogen (secondary N) is 2. The summed E-state index contributed by atoms with van der Waals surface area (Å²) in [5.41, 5.74) is 4.04. The first kappa shape index (κ1) is 20.1. The molecule has 0 fully saturated rings. The Morgan fingerprint density at radius 3 is 2.71 bits per heavy atom. The molecule has 2 aromatic rings. The van der Waals surface area contributed by atoms with E-state index in [1.165, 1.54) is 7.11 Å². The first-order valence-electron chi connectivity index (χ1n) is 9.25. The molecule has 2 aromatic carbocycles. The van der Waals surface area contributed by atoms with Gasteiger partial charge >= 0.3 is 5.97 Å². The van der Waals surface area contributed by atoms with Crippen LogP contribution in [0.2, 0.25) is 0 Å². The Hall–Kier alpha value is -2.60. The third-order valence-electron chi connectivity index (χ3n) is 4.92. The highest BCUT2D eigenvalue weighted by Gasteiger charge is 2.34. The highest BCUT2D eigenvalue weighted by atomic mass is 32.1. The number of methoxy groups -OCH3 is 1. The van der Waals surface area contributed by atoms with Crippen LogP contribution in [0.15, 0.2) is 36.4 Å². The predicted molar refractivity (Wildman–Crippen MR) is 115 cm³/mol. The molecule has 1 aliphatic rings. The minimum absolute atomic E-state index is 0.0310. The molecule has 0 aromatic heterocycles. The van der Waals surface area contributed by atoms with E-state index < -0.39 is 0 Å². The van der Waals surface area contributed by atoms with Crippen LogP contribution in [0.25, 0.3) is 0 Å². The van der Waals surface area contributed by atoms with Crippen molar-refractivity contribution in [3.05, 3.63) is 58.7 Å². The number of rotatable bonds is 3. The van der Waals surface area contributed by atoms with E-state index in [1.807, 2.05) is 13.0 Å². The number of carbonyl (C=O) groups is 1. The number of hydrogen-bond acceptors (Lipinski definition) is 4. The van der Waals surface area contributed by atoms with E-state index in [9.17, 15) is 4.79 Å². The van der Waals surface area contributed by atoms with Gasteiger partial charge in [0.25, 0.3) is 0 Å². The summed E-state index contributed by atoms with van der Waals surface area (Å²) in [4.78, 5) is 11.9. The van der Waals surface area contributed by atoms with E-state index in [2.05, 4.69) is 49.6 Å². The van der Waals surface area contributed by atoms with E-state index >= 15 is 0 Å². The second kappa shape index (κ2) is 7.80. The van der Waals surface area contributed by atoms with Crippen molar-refractivity contribution in [3.63, 3.8) is 0 Å². The normalized spacial score (nSPS) is 17.1. The molecule has 0 amide bonds. The van der Waals surface area contributed by atoms with Crippen molar-refractivity contribution in [1.82, 2.24) is 5.32 Å². The lowest BCUT2D eigenvalue weighted by Crippen LogP contribution is -2.42. The largest absolute Gasteiger partial charge is 0.487 e. The van der Waals surface area contributed by atoms with E-state index in [-0.39, 0.29) is 17.6 Å². The van der Waals surface area contributed by atoms with Gasteiger partial charge in [0.1, 0.15) is 11.4 Å². The molecule has 0 bridgehead atoms. The zero-order chi connectivity index (χ0) is 20.5. The van der Waals surface area contributed by atoms with E-state index in [0.717, 1.165) is 34.5 Å². The number of carbonyl (C=O) groups excluding carboxylic acids is 1. The van der Waals surface area contributed by atoms with Gasteiger partial charge in [0, 0.05) is 17.7 Å². The van der Waals surface area contributed by atoms with Crippen molar-refractivity contribution in [2.24, 2.45) is 0 Å². The van der Waals surface area contributed by atoms with Gasteiger partial charge in [-0.25, -0.2) is 4.79 Å². The summed E-state index contributed by atoms with van der Waals surface area (Å²) in [6, 6.07) is 11.7. The molecule has 0 aliphatic carbocycles. The molecule has 0 saturated carbocycles. The molecule has 1 atom stereocenters. The van der Waals surface area contributed by atoms with Crippen molar-refractivity contribution in [1.29, 1.82) is 0 Å². The quantitative estimate of drug-likeness (QED) is 0.578. The Kier molecular flexibility index (Phi) is 5.61. The molecule has 28 heavy (non-hydrogen) atoms. The molecule has 0 spiro atoms. The van der Waals surface area contributed by atoms with Gasteiger partial charge in [0.05, 0.1) is 18.7 Å². The zero-order valence-corrected chi connectivity index (χ0v) is 17.7. The lowest BCUT2D eigenvalue weighted by Gasteiger charge is -2.38. The summed E-state index contributed by atoms with van der Waals surface area (Å²) in [7, 11) is 1.38. The Morgan fingerprint density at radius 1 is 1.25 bits per heavy atom. The van der Waals surface area contributed by atoms with Crippen LogP contribution >= 0.6 is 12.2 Å². The van der Waals surface area contributed by atoms with Gasteiger partial charge in [0.2, 0.25) is 0 Å². The van der Waals surface area contributed by atoms with Gasteiger partial charge < -0.3 is 20.1 Å². The average Bonchev–Trinajstić information content (AvgIpc) is 2.61. The van der Waals surface area contributed by atoms with Crippen LogP contribution < -0.4 is 15.4 Å². The van der Waals surface area contributed by atoms with Crippen LogP contribution in [0.5, 0.6) is 5.75 Å². The fourth-order valence-corrected chi connectivity index (χ4v) is 3.76. The number of benzene rings is 2. The van der Waals surface area contributed by atoms with Crippen LogP contribution in [0.1, 0.15) is 53.4 Å².